The Morgan fingerprint density at radius 2 is 1.97 bits per heavy atom. The van der Waals surface area contributed by atoms with Gasteiger partial charge in [-0.3, -0.25) is 9.59 Å². The second-order valence-electron chi connectivity index (χ2n) is 7.90. The molecule has 0 atom stereocenters. The number of nitrogens with one attached hydrogen (secondary N) is 1. The number of fused-ring (bicyclic) bond motifs is 3. The van der Waals surface area contributed by atoms with Crippen LogP contribution in [0.3, 0.4) is 0 Å². The summed E-state index contributed by atoms with van der Waals surface area (Å²) in [6.07, 6.45) is 4.07. The van der Waals surface area contributed by atoms with Crippen LogP contribution in [0.4, 0.5) is 5.69 Å². The van der Waals surface area contributed by atoms with E-state index in [0.29, 0.717) is 38.8 Å². The molecule has 1 saturated heterocycles. The number of aryl methyl sites for hydroxylation is 2. The summed E-state index contributed by atoms with van der Waals surface area (Å²) in [5, 5.41) is 3.01. The third kappa shape index (κ3) is 2.80. The first-order chi connectivity index (χ1) is 14.1. The number of anilines is 1. The van der Waals surface area contributed by atoms with Crippen LogP contribution in [0.5, 0.6) is 0 Å². The maximum atomic E-state index is 12.8. The van der Waals surface area contributed by atoms with E-state index in [1.807, 2.05) is 52.9 Å². The molecule has 0 saturated carbocycles. The monoisotopic (exact) mass is 389 g/mol. The lowest BCUT2D eigenvalue weighted by Crippen LogP contribution is -2.48. The Labute approximate surface area is 168 Å². The van der Waals surface area contributed by atoms with Crippen molar-refractivity contribution < 1.29 is 9.59 Å². The zero-order chi connectivity index (χ0) is 20.0. The number of piperidine rings is 1. The molecule has 1 fully saturated rings. The Morgan fingerprint density at radius 3 is 2.76 bits per heavy atom. The molecule has 3 aromatic rings. The van der Waals surface area contributed by atoms with Gasteiger partial charge in [-0.2, -0.15) is 0 Å². The molecule has 1 spiro atoms. The lowest BCUT2D eigenvalue weighted by molar-refractivity contribution is -0.135. The molecule has 2 aliphatic heterocycles. The Hall–Kier alpha value is -3.22. The van der Waals surface area contributed by atoms with E-state index in [0.717, 1.165) is 28.2 Å². The van der Waals surface area contributed by atoms with Crippen molar-refractivity contribution in [3.05, 3.63) is 54.0 Å². The first kappa shape index (κ1) is 17.8. The van der Waals surface area contributed by atoms with Crippen LogP contribution in [0.25, 0.3) is 11.2 Å². The van der Waals surface area contributed by atoms with Crippen LogP contribution in [-0.4, -0.2) is 44.3 Å². The number of hydrogen-bond donors (Lipinski definition) is 1. The lowest BCUT2D eigenvalue weighted by atomic mass is 9.73. The standard InChI is InChI=1S/C22H23N5O2/c1-26-18(24-17-7-4-12-23-20(17)26)8-9-19(28)27-13-10-22(11-14-27)15-5-2-3-6-16(15)25-21(22)29/h2-7,12H,8-11,13-14H2,1H3,(H,25,29). The van der Waals surface area contributed by atoms with Crippen molar-refractivity contribution in [3.8, 4) is 0 Å². The molecule has 29 heavy (non-hydrogen) atoms. The number of pyridine rings is 1. The first-order valence-corrected chi connectivity index (χ1v) is 10.0. The highest BCUT2D eigenvalue weighted by Crippen LogP contribution is 2.44. The molecule has 2 amide bonds. The number of para-hydroxylation sites is 1. The van der Waals surface area contributed by atoms with Gasteiger partial charge in [0.15, 0.2) is 5.65 Å². The number of likely N-dealkylation sites (tertiary alicyclic amines) is 1. The largest absolute Gasteiger partial charge is 0.343 e. The quantitative estimate of drug-likeness (QED) is 0.746. The van der Waals surface area contributed by atoms with Gasteiger partial charge in [0.2, 0.25) is 11.8 Å². The van der Waals surface area contributed by atoms with Crippen LogP contribution in [-0.2, 0) is 28.5 Å². The van der Waals surface area contributed by atoms with Gasteiger partial charge in [-0.1, -0.05) is 18.2 Å². The highest BCUT2D eigenvalue weighted by Gasteiger charge is 2.48. The summed E-state index contributed by atoms with van der Waals surface area (Å²) in [7, 11) is 1.93. The summed E-state index contributed by atoms with van der Waals surface area (Å²) in [5.74, 6) is 1.05. The van der Waals surface area contributed by atoms with Crippen molar-refractivity contribution in [1.29, 1.82) is 0 Å². The van der Waals surface area contributed by atoms with Crippen molar-refractivity contribution in [2.75, 3.05) is 18.4 Å². The minimum absolute atomic E-state index is 0.0676. The summed E-state index contributed by atoms with van der Waals surface area (Å²) in [6.45, 7) is 1.20. The molecule has 7 nitrogen and oxygen atoms in total. The number of carbonyl (C=O) groups is 2. The van der Waals surface area contributed by atoms with Gasteiger partial charge in [-0.05, 0) is 36.6 Å². The third-order valence-corrected chi connectivity index (χ3v) is 6.38. The minimum atomic E-state index is -0.490. The predicted molar refractivity (Wildman–Crippen MR) is 109 cm³/mol. The first-order valence-electron chi connectivity index (χ1n) is 10.0. The second kappa shape index (κ2) is 6.69. The molecule has 0 unspecified atom stereocenters. The van der Waals surface area contributed by atoms with E-state index < -0.39 is 5.41 Å². The van der Waals surface area contributed by atoms with Crippen LogP contribution in [0, 0.1) is 0 Å². The normalized spacial score (nSPS) is 17.6. The van der Waals surface area contributed by atoms with Crippen molar-refractivity contribution in [3.63, 3.8) is 0 Å². The van der Waals surface area contributed by atoms with Crippen LogP contribution in [0.2, 0.25) is 0 Å². The zero-order valence-electron chi connectivity index (χ0n) is 16.4. The number of imidazole rings is 1. The van der Waals surface area contributed by atoms with Gasteiger partial charge in [0, 0.05) is 44.9 Å². The fourth-order valence-corrected chi connectivity index (χ4v) is 4.68. The fourth-order valence-electron chi connectivity index (χ4n) is 4.68. The summed E-state index contributed by atoms with van der Waals surface area (Å²) in [6, 6.07) is 11.7. The molecule has 1 N–H and O–H groups in total. The maximum Gasteiger partial charge on any atom is 0.235 e. The predicted octanol–water partition coefficient (Wildman–Crippen LogP) is 2.41. The number of rotatable bonds is 3. The van der Waals surface area contributed by atoms with E-state index >= 15 is 0 Å². The van der Waals surface area contributed by atoms with Gasteiger partial charge < -0.3 is 14.8 Å². The van der Waals surface area contributed by atoms with Crippen LogP contribution in [0.15, 0.2) is 42.6 Å². The van der Waals surface area contributed by atoms with E-state index in [1.54, 1.807) is 6.20 Å². The molecule has 0 radical (unpaired) electrons. The van der Waals surface area contributed by atoms with E-state index in [-0.39, 0.29) is 11.8 Å². The molecule has 2 aliphatic rings. The second-order valence-corrected chi connectivity index (χ2v) is 7.90. The van der Waals surface area contributed by atoms with Gasteiger partial charge >= 0.3 is 0 Å². The van der Waals surface area contributed by atoms with E-state index in [9.17, 15) is 9.59 Å². The molecule has 4 heterocycles. The van der Waals surface area contributed by atoms with E-state index in [2.05, 4.69) is 15.3 Å². The van der Waals surface area contributed by atoms with Crippen LogP contribution < -0.4 is 5.32 Å². The molecular weight excluding hydrogens is 366 g/mol. The SMILES string of the molecule is Cn1c(CCC(=O)N2CCC3(CC2)C(=O)Nc2ccccc23)nc2cccnc21. The molecule has 2 aromatic heterocycles. The molecule has 1 aromatic carbocycles. The minimum Gasteiger partial charge on any atom is -0.343 e. The van der Waals surface area contributed by atoms with E-state index in [4.69, 9.17) is 0 Å². The number of benzene rings is 1. The summed E-state index contributed by atoms with van der Waals surface area (Å²) in [4.78, 5) is 36.3. The smallest absolute Gasteiger partial charge is 0.235 e. The molecule has 7 heteroatoms. The Balaban J connectivity index is 1.25. The molecule has 0 bridgehead atoms. The van der Waals surface area contributed by atoms with Gasteiger partial charge in [0.1, 0.15) is 11.3 Å². The van der Waals surface area contributed by atoms with Gasteiger partial charge in [0.05, 0.1) is 5.41 Å². The molecule has 0 aliphatic carbocycles. The number of hydrogen-bond acceptors (Lipinski definition) is 4. The van der Waals surface area contributed by atoms with Gasteiger partial charge in [-0.25, -0.2) is 9.97 Å². The molecule has 148 valence electrons. The average Bonchev–Trinajstić information content (AvgIpc) is 3.21. The van der Waals surface area contributed by atoms with Crippen LogP contribution in [0.1, 0.15) is 30.7 Å². The van der Waals surface area contributed by atoms with Gasteiger partial charge in [0.25, 0.3) is 0 Å². The number of aromatic nitrogens is 3. The summed E-state index contributed by atoms with van der Waals surface area (Å²) < 4.78 is 1.95. The maximum absolute atomic E-state index is 12.8. The van der Waals surface area contributed by atoms with Crippen LogP contribution >= 0.6 is 0 Å². The molecular formula is C22H23N5O2. The van der Waals surface area contributed by atoms with Crippen molar-refractivity contribution in [2.24, 2.45) is 7.05 Å². The van der Waals surface area contributed by atoms with Gasteiger partial charge in [-0.15, -0.1) is 0 Å². The molecule has 5 rings (SSSR count). The zero-order valence-corrected chi connectivity index (χ0v) is 16.4. The third-order valence-electron chi connectivity index (χ3n) is 6.38. The Morgan fingerprint density at radius 1 is 1.17 bits per heavy atom. The topological polar surface area (TPSA) is 80.1 Å². The van der Waals surface area contributed by atoms with Crippen molar-refractivity contribution in [2.45, 2.75) is 31.1 Å². The Kier molecular flexibility index (Phi) is 4.12. The summed E-state index contributed by atoms with van der Waals surface area (Å²) in [5.41, 5.74) is 3.18. The van der Waals surface area contributed by atoms with E-state index in [1.165, 1.54) is 0 Å². The number of amides is 2. The summed E-state index contributed by atoms with van der Waals surface area (Å²) >= 11 is 0. The number of nitrogens with zero attached hydrogens (tertiary/aromatic N) is 4. The lowest BCUT2D eigenvalue weighted by Gasteiger charge is -2.38. The average molecular weight is 389 g/mol. The van der Waals surface area contributed by atoms with Crippen molar-refractivity contribution >= 4 is 28.7 Å². The number of carbonyl (C=O) groups excluding carboxylic acids is 2. The highest BCUT2D eigenvalue weighted by atomic mass is 16.2. The highest BCUT2D eigenvalue weighted by molar-refractivity contribution is 6.06. The fraction of sp³-hybridized carbons (Fsp3) is 0.364. The van der Waals surface area contributed by atoms with Crippen molar-refractivity contribution in [1.82, 2.24) is 19.4 Å². The Bertz CT molecular complexity index is 1110.